The highest BCUT2D eigenvalue weighted by Gasteiger charge is 2.35. The number of para-hydroxylation sites is 1. The number of alkyl halides is 3. The van der Waals surface area contributed by atoms with Gasteiger partial charge in [-0.15, -0.1) is 11.3 Å². The normalized spacial score (nSPS) is 14.8. The minimum Gasteiger partial charge on any atom is -0.483 e. The molecule has 2 rings (SSSR count). The van der Waals surface area contributed by atoms with Crippen molar-refractivity contribution >= 4 is 11.3 Å². The third-order valence-electron chi connectivity index (χ3n) is 3.08. The molecule has 0 aliphatic carbocycles. The number of rotatable bonds is 4. The Kier molecular flexibility index (Phi) is 4.58. The summed E-state index contributed by atoms with van der Waals surface area (Å²) in [6, 6.07) is 6.66. The van der Waals surface area contributed by atoms with Crippen LogP contribution in [-0.4, -0.2) is 6.04 Å². The maximum Gasteiger partial charge on any atom is 0.419 e. The summed E-state index contributed by atoms with van der Waals surface area (Å²) in [4.78, 5) is 0.849. The fraction of sp³-hybridized carbons (Fsp3) is 0.333. The van der Waals surface area contributed by atoms with Gasteiger partial charge in [-0.25, -0.2) is 0 Å². The van der Waals surface area contributed by atoms with Crippen molar-refractivity contribution < 1.29 is 17.9 Å². The van der Waals surface area contributed by atoms with E-state index in [2.05, 4.69) is 0 Å². The first kappa shape index (κ1) is 15.9. The van der Waals surface area contributed by atoms with Crippen LogP contribution in [0.1, 0.15) is 29.0 Å². The summed E-state index contributed by atoms with van der Waals surface area (Å²) in [6.45, 7) is 3.61. The van der Waals surface area contributed by atoms with E-state index in [4.69, 9.17) is 10.5 Å². The highest BCUT2D eigenvalue weighted by Crippen LogP contribution is 2.39. The Morgan fingerprint density at radius 2 is 1.86 bits per heavy atom. The highest BCUT2D eigenvalue weighted by molar-refractivity contribution is 7.10. The van der Waals surface area contributed by atoms with Gasteiger partial charge in [-0.3, -0.25) is 0 Å². The molecule has 2 unspecified atom stereocenters. The second-order valence-corrected chi connectivity index (χ2v) is 5.81. The summed E-state index contributed by atoms with van der Waals surface area (Å²) >= 11 is 1.43. The van der Waals surface area contributed by atoms with Gasteiger partial charge in [-0.2, -0.15) is 13.2 Å². The third kappa shape index (κ3) is 3.57. The lowest BCUT2D eigenvalue weighted by molar-refractivity contribution is -0.139. The Labute approximate surface area is 125 Å². The van der Waals surface area contributed by atoms with E-state index >= 15 is 0 Å². The number of thiophene rings is 1. The topological polar surface area (TPSA) is 35.2 Å². The largest absolute Gasteiger partial charge is 0.483 e. The molecule has 0 saturated carbocycles. The van der Waals surface area contributed by atoms with E-state index < -0.39 is 23.9 Å². The third-order valence-corrected chi connectivity index (χ3v) is 4.16. The smallest absolute Gasteiger partial charge is 0.419 e. The molecule has 114 valence electrons. The minimum absolute atomic E-state index is 0.194. The number of hydrogen-bond donors (Lipinski definition) is 1. The SMILES string of the molecule is Cc1ccsc1C(Oc1ccccc1C(F)(F)F)C(C)N. The first-order valence-corrected chi connectivity index (χ1v) is 7.31. The van der Waals surface area contributed by atoms with Crippen molar-refractivity contribution in [2.24, 2.45) is 5.73 Å². The lowest BCUT2D eigenvalue weighted by atomic mass is 10.1. The summed E-state index contributed by atoms with van der Waals surface area (Å²) < 4.78 is 44.7. The van der Waals surface area contributed by atoms with E-state index in [-0.39, 0.29) is 5.75 Å². The molecule has 21 heavy (non-hydrogen) atoms. The average molecular weight is 315 g/mol. The Morgan fingerprint density at radius 3 is 2.38 bits per heavy atom. The van der Waals surface area contributed by atoms with Gasteiger partial charge in [0, 0.05) is 10.9 Å². The molecule has 2 atom stereocenters. The van der Waals surface area contributed by atoms with Crippen molar-refractivity contribution in [1.29, 1.82) is 0 Å². The molecule has 2 N–H and O–H groups in total. The van der Waals surface area contributed by atoms with Gasteiger partial charge in [0.2, 0.25) is 0 Å². The van der Waals surface area contributed by atoms with E-state index in [1.165, 1.54) is 29.5 Å². The Hall–Kier alpha value is -1.53. The van der Waals surface area contributed by atoms with Gasteiger partial charge in [0.05, 0.1) is 5.56 Å². The molecule has 0 amide bonds. The molecule has 0 aliphatic heterocycles. The number of benzene rings is 1. The van der Waals surface area contributed by atoms with Gasteiger partial charge in [0.25, 0.3) is 0 Å². The van der Waals surface area contributed by atoms with E-state index in [0.29, 0.717) is 0 Å². The summed E-state index contributed by atoms with van der Waals surface area (Å²) in [7, 11) is 0. The molecule has 0 saturated heterocycles. The van der Waals surface area contributed by atoms with Gasteiger partial charge in [0.15, 0.2) is 0 Å². The summed E-state index contributed by atoms with van der Waals surface area (Å²) in [6.07, 6.45) is -5.06. The Morgan fingerprint density at radius 1 is 1.19 bits per heavy atom. The monoisotopic (exact) mass is 315 g/mol. The van der Waals surface area contributed by atoms with Gasteiger partial charge in [0.1, 0.15) is 11.9 Å². The van der Waals surface area contributed by atoms with Crippen molar-refractivity contribution in [3.8, 4) is 5.75 Å². The van der Waals surface area contributed by atoms with Crippen molar-refractivity contribution in [3.05, 3.63) is 51.7 Å². The maximum atomic E-state index is 13.0. The first-order valence-electron chi connectivity index (χ1n) is 6.43. The van der Waals surface area contributed by atoms with Gasteiger partial charge in [-0.1, -0.05) is 12.1 Å². The van der Waals surface area contributed by atoms with Crippen LogP contribution in [-0.2, 0) is 6.18 Å². The molecule has 0 spiro atoms. The zero-order valence-electron chi connectivity index (χ0n) is 11.6. The van der Waals surface area contributed by atoms with Crippen molar-refractivity contribution in [2.75, 3.05) is 0 Å². The van der Waals surface area contributed by atoms with Crippen molar-refractivity contribution in [1.82, 2.24) is 0 Å². The second-order valence-electron chi connectivity index (χ2n) is 4.86. The predicted octanol–water partition coefficient (Wildman–Crippen LogP) is 4.54. The first-order chi connectivity index (χ1) is 9.80. The van der Waals surface area contributed by atoms with Crippen LogP contribution < -0.4 is 10.5 Å². The predicted molar refractivity (Wildman–Crippen MR) is 77.5 cm³/mol. The summed E-state index contributed by atoms with van der Waals surface area (Å²) in [5.74, 6) is -0.194. The van der Waals surface area contributed by atoms with Crippen LogP contribution in [0, 0.1) is 6.92 Å². The second kappa shape index (κ2) is 6.07. The quantitative estimate of drug-likeness (QED) is 0.899. The molecule has 1 heterocycles. The van der Waals surface area contributed by atoms with Crippen LogP contribution in [0.15, 0.2) is 35.7 Å². The number of aryl methyl sites for hydroxylation is 1. The summed E-state index contributed by atoms with van der Waals surface area (Å²) in [5.41, 5.74) is 6.08. The van der Waals surface area contributed by atoms with E-state index in [0.717, 1.165) is 16.5 Å². The minimum atomic E-state index is -4.45. The molecule has 0 aliphatic rings. The number of nitrogens with two attached hydrogens (primary N) is 1. The molecule has 1 aromatic heterocycles. The lowest BCUT2D eigenvalue weighted by Crippen LogP contribution is -2.29. The van der Waals surface area contributed by atoms with Crippen LogP contribution in [0.3, 0.4) is 0 Å². The Bertz CT molecular complexity index is 607. The maximum absolute atomic E-state index is 13.0. The zero-order valence-corrected chi connectivity index (χ0v) is 12.5. The van der Waals surface area contributed by atoms with Crippen molar-refractivity contribution in [2.45, 2.75) is 32.2 Å². The molecule has 0 fully saturated rings. The van der Waals surface area contributed by atoms with Crippen LogP contribution >= 0.6 is 11.3 Å². The van der Waals surface area contributed by atoms with E-state index in [1.54, 1.807) is 6.92 Å². The zero-order chi connectivity index (χ0) is 15.6. The fourth-order valence-electron chi connectivity index (χ4n) is 2.02. The van der Waals surface area contributed by atoms with E-state index in [1.807, 2.05) is 18.4 Å². The standard InChI is InChI=1S/C15H16F3NOS/c1-9-7-8-21-14(9)13(10(2)19)20-12-6-4-3-5-11(12)15(16,17)18/h3-8,10,13H,19H2,1-2H3. The number of hydrogen-bond acceptors (Lipinski definition) is 3. The molecule has 6 heteroatoms. The molecular formula is C15H16F3NOS. The lowest BCUT2D eigenvalue weighted by Gasteiger charge is -2.24. The molecule has 0 bridgehead atoms. The number of ether oxygens (including phenoxy) is 1. The van der Waals surface area contributed by atoms with Crippen molar-refractivity contribution in [3.63, 3.8) is 0 Å². The van der Waals surface area contributed by atoms with Gasteiger partial charge in [-0.05, 0) is 43.0 Å². The summed E-state index contributed by atoms with van der Waals surface area (Å²) in [5, 5.41) is 1.87. The van der Waals surface area contributed by atoms with E-state index in [9.17, 15) is 13.2 Å². The Balaban J connectivity index is 2.37. The van der Waals surface area contributed by atoms with Crippen LogP contribution in [0.5, 0.6) is 5.75 Å². The van der Waals surface area contributed by atoms with Gasteiger partial charge < -0.3 is 10.5 Å². The molecule has 1 aromatic carbocycles. The average Bonchev–Trinajstić information content (AvgIpc) is 2.81. The fourth-order valence-corrected chi connectivity index (χ4v) is 3.09. The van der Waals surface area contributed by atoms with Gasteiger partial charge >= 0.3 is 6.18 Å². The molecule has 2 aromatic rings. The van der Waals surface area contributed by atoms with Crippen LogP contribution in [0.25, 0.3) is 0 Å². The number of halogens is 3. The molecular weight excluding hydrogens is 299 g/mol. The highest BCUT2D eigenvalue weighted by atomic mass is 32.1. The molecule has 2 nitrogen and oxygen atoms in total. The van der Waals surface area contributed by atoms with Crippen LogP contribution in [0.2, 0.25) is 0 Å². The molecule has 0 radical (unpaired) electrons. The van der Waals surface area contributed by atoms with Crippen LogP contribution in [0.4, 0.5) is 13.2 Å².